The maximum Gasteiger partial charge on any atom is 0.328 e. The standard InChI is InChI=1S/C21H19ClN6O2S/c1-12-8-9-13(2)17(10-12)28-19(15-6-4-5-7-16(15)22)25-26-21(28)31-11-18(29)24-20-23-14(3)27-30-20/h4-10H,11H2,1-3H3,(H,23,24,27,29). The Morgan fingerprint density at radius 3 is 2.71 bits per heavy atom. The highest BCUT2D eigenvalue weighted by molar-refractivity contribution is 7.99. The first kappa shape index (κ1) is 21.1. The third kappa shape index (κ3) is 4.62. The maximum absolute atomic E-state index is 12.4. The van der Waals surface area contributed by atoms with E-state index in [1.165, 1.54) is 11.8 Å². The summed E-state index contributed by atoms with van der Waals surface area (Å²) in [4.78, 5) is 16.3. The molecule has 4 aromatic rings. The topological polar surface area (TPSA) is 98.7 Å². The van der Waals surface area contributed by atoms with Crippen molar-refractivity contribution in [3.05, 3.63) is 64.4 Å². The van der Waals surface area contributed by atoms with Crippen molar-refractivity contribution in [3.8, 4) is 17.1 Å². The molecule has 0 saturated carbocycles. The van der Waals surface area contributed by atoms with E-state index in [1.54, 1.807) is 6.92 Å². The van der Waals surface area contributed by atoms with E-state index in [1.807, 2.05) is 54.8 Å². The number of aryl methyl sites for hydroxylation is 3. The highest BCUT2D eigenvalue weighted by atomic mass is 35.5. The van der Waals surface area contributed by atoms with Gasteiger partial charge in [-0.2, -0.15) is 4.98 Å². The van der Waals surface area contributed by atoms with Crippen LogP contribution < -0.4 is 5.32 Å². The Morgan fingerprint density at radius 2 is 1.97 bits per heavy atom. The molecule has 0 aliphatic heterocycles. The molecule has 8 nitrogen and oxygen atoms in total. The van der Waals surface area contributed by atoms with Crippen molar-refractivity contribution in [2.45, 2.75) is 25.9 Å². The van der Waals surface area contributed by atoms with E-state index in [4.69, 9.17) is 16.1 Å². The highest BCUT2D eigenvalue weighted by Crippen LogP contribution is 2.33. The van der Waals surface area contributed by atoms with Crippen molar-refractivity contribution < 1.29 is 9.32 Å². The number of amides is 1. The molecule has 1 N–H and O–H groups in total. The monoisotopic (exact) mass is 454 g/mol. The molecule has 2 heterocycles. The predicted molar refractivity (Wildman–Crippen MR) is 120 cm³/mol. The average molecular weight is 455 g/mol. The first-order valence-corrected chi connectivity index (χ1v) is 10.8. The van der Waals surface area contributed by atoms with Gasteiger partial charge in [0.25, 0.3) is 0 Å². The molecule has 0 aliphatic carbocycles. The van der Waals surface area contributed by atoms with Crippen LogP contribution in [-0.4, -0.2) is 36.6 Å². The number of hydrogen-bond acceptors (Lipinski definition) is 7. The summed E-state index contributed by atoms with van der Waals surface area (Å²) in [5.41, 5.74) is 3.83. The van der Waals surface area contributed by atoms with Crippen LogP contribution in [0.1, 0.15) is 17.0 Å². The van der Waals surface area contributed by atoms with E-state index in [9.17, 15) is 4.79 Å². The SMILES string of the molecule is Cc1ccc(C)c(-n2c(SCC(=O)Nc3nc(C)no3)nnc2-c2ccccc2Cl)c1. The second kappa shape index (κ2) is 8.91. The number of nitrogens with zero attached hydrogens (tertiary/aromatic N) is 5. The van der Waals surface area contributed by atoms with Crippen molar-refractivity contribution in [2.24, 2.45) is 0 Å². The molecular weight excluding hydrogens is 436 g/mol. The first-order chi connectivity index (χ1) is 14.9. The van der Waals surface area contributed by atoms with E-state index in [-0.39, 0.29) is 17.7 Å². The quantitative estimate of drug-likeness (QED) is 0.424. The van der Waals surface area contributed by atoms with Gasteiger partial charge in [0, 0.05) is 5.56 Å². The van der Waals surface area contributed by atoms with Crippen molar-refractivity contribution in [3.63, 3.8) is 0 Å². The van der Waals surface area contributed by atoms with Gasteiger partial charge >= 0.3 is 6.01 Å². The molecular formula is C21H19ClN6O2S. The van der Waals surface area contributed by atoms with Crippen LogP contribution in [0.25, 0.3) is 17.1 Å². The Hall–Kier alpha value is -3.17. The average Bonchev–Trinajstić information content (AvgIpc) is 3.34. The Morgan fingerprint density at radius 1 is 1.16 bits per heavy atom. The normalized spacial score (nSPS) is 11.0. The van der Waals surface area contributed by atoms with Gasteiger partial charge in [0.15, 0.2) is 16.8 Å². The lowest BCUT2D eigenvalue weighted by atomic mass is 10.1. The second-order valence-corrected chi connectivity index (χ2v) is 8.24. The van der Waals surface area contributed by atoms with Crippen LogP contribution in [0.4, 0.5) is 6.01 Å². The fourth-order valence-corrected chi connectivity index (χ4v) is 3.96. The number of carbonyl (C=O) groups is 1. The summed E-state index contributed by atoms with van der Waals surface area (Å²) in [6.45, 7) is 5.72. The van der Waals surface area contributed by atoms with Crippen molar-refractivity contribution in [1.29, 1.82) is 0 Å². The van der Waals surface area contributed by atoms with Gasteiger partial charge in [-0.05, 0) is 50.1 Å². The lowest BCUT2D eigenvalue weighted by Gasteiger charge is -2.14. The summed E-state index contributed by atoms with van der Waals surface area (Å²) in [6.07, 6.45) is 0. The van der Waals surface area contributed by atoms with Crippen LogP contribution >= 0.6 is 23.4 Å². The molecule has 0 spiro atoms. The number of anilines is 1. The molecule has 0 bridgehead atoms. The van der Waals surface area contributed by atoms with Crippen LogP contribution in [0.5, 0.6) is 0 Å². The third-order valence-electron chi connectivity index (χ3n) is 4.46. The number of halogens is 1. The lowest BCUT2D eigenvalue weighted by Crippen LogP contribution is -2.15. The number of nitrogens with one attached hydrogen (secondary N) is 1. The van der Waals surface area contributed by atoms with Crippen molar-refractivity contribution in [2.75, 3.05) is 11.1 Å². The highest BCUT2D eigenvalue weighted by Gasteiger charge is 2.20. The van der Waals surface area contributed by atoms with E-state index in [2.05, 4.69) is 31.7 Å². The Labute approximate surface area is 188 Å². The second-order valence-electron chi connectivity index (χ2n) is 6.89. The summed E-state index contributed by atoms with van der Waals surface area (Å²) in [7, 11) is 0. The van der Waals surface area contributed by atoms with E-state index in [0.29, 0.717) is 21.8 Å². The number of benzene rings is 2. The molecule has 0 aliphatic rings. The molecule has 0 radical (unpaired) electrons. The Bertz CT molecular complexity index is 1250. The molecule has 4 rings (SSSR count). The Balaban J connectivity index is 1.68. The van der Waals surface area contributed by atoms with E-state index >= 15 is 0 Å². The molecule has 158 valence electrons. The number of aromatic nitrogens is 5. The molecule has 0 fully saturated rings. The number of carbonyl (C=O) groups excluding carboxylic acids is 1. The van der Waals surface area contributed by atoms with Crippen LogP contribution in [0.2, 0.25) is 5.02 Å². The first-order valence-electron chi connectivity index (χ1n) is 9.43. The van der Waals surface area contributed by atoms with Crippen molar-refractivity contribution >= 4 is 35.3 Å². The van der Waals surface area contributed by atoms with Gasteiger partial charge in [0.2, 0.25) is 5.91 Å². The minimum atomic E-state index is -0.288. The molecule has 31 heavy (non-hydrogen) atoms. The number of rotatable bonds is 6. The number of thioether (sulfide) groups is 1. The summed E-state index contributed by atoms with van der Waals surface area (Å²) >= 11 is 7.70. The van der Waals surface area contributed by atoms with Crippen molar-refractivity contribution in [1.82, 2.24) is 24.9 Å². The van der Waals surface area contributed by atoms with Gasteiger partial charge in [0.05, 0.1) is 16.5 Å². The molecule has 0 unspecified atom stereocenters. The summed E-state index contributed by atoms with van der Waals surface area (Å²) in [6, 6.07) is 13.7. The minimum absolute atomic E-state index is 0.0656. The van der Waals surface area contributed by atoms with Crippen LogP contribution in [-0.2, 0) is 4.79 Å². The van der Waals surface area contributed by atoms with Crippen LogP contribution in [0.15, 0.2) is 52.1 Å². The van der Waals surface area contributed by atoms with E-state index in [0.717, 1.165) is 22.4 Å². The van der Waals surface area contributed by atoms with Gasteiger partial charge in [-0.3, -0.25) is 14.7 Å². The molecule has 10 heteroatoms. The zero-order chi connectivity index (χ0) is 22.0. The van der Waals surface area contributed by atoms with Gasteiger partial charge in [0.1, 0.15) is 0 Å². The maximum atomic E-state index is 12.4. The molecule has 0 atom stereocenters. The summed E-state index contributed by atoms with van der Waals surface area (Å²) < 4.78 is 6.86. The van der Waals surface area contributed by atoms with Gasteiger partial charge < -0.3 is 4.52 Å². The summed E-state index contributed by atoms with van der Waals surface area (Å²) in [5, 5.41) is 16.1. The molecule has 1 amide bonds. The minimum Gasteiger partial charge on any atom is -0.315 e. The van der Waals surface area contributed by atoms with Crippen LogP contribution in [0, 0.1) is 20.8 Å². The smallest absolute Gasteiger partial charge is 0.315 e. The zero-order valence-electron chi connectivity index (χ0n) is 17.1. The summed E-state index contributed by atoms with van der Waals surface area (Å²) in [5.74, 6) is 0.854. The van der Waals surface area contributed by atoms with Gasteiger partial charge in [-0.25, -0.2) is 0 Å². The Kier molecular flexibility index (Phi) is 6.06. The van der Waals surface area contributed by atoms with Crippen LogP contribution in [0.3, 0.4) is 0 Å². The van der Waals surface area contributed by atoms with E-state index < -0.39 is 0 Å². The lowest BCUT2D eigenvalue weighted by molar-refractivity contribution is -0.114. The fourth-order valence-electron chi connectivity index (χ4n) is 2.99. The molecule has 2 aromatic heterocycles. The molecule has 0 saturated heterocycles. The molecule has 2 aromatic carbocycles. The fraction of sp³-hybridized carbons (Fsp3) is 0.190. The number of hydrogen-bond donors (Lipinski definition) is 1. The predicted octanol–water partition coefficient (Wildman–Crippen LogP) is 4.63. The van der Waals surface area contributed by atoms with Gasteiger partial charge in [-0.15, -0.1) is 10.2 Å². The largest absolute Gasteiger partial charge is 0.328 e. The third-order valence-corrected chi connectivity index (χ3v) is 5.72. The van der Waals surface area contributed by atoms with Gasteiger partial charge in [-0.1, -0.05) is 52.8 Å². The zero-order valence-corrected chi connectivity index (χ0v) is 18.7.